The van der Waals surface area contributed by atoms with Gasteiger partial charge >= 0.3 is 6.18 Å². The molecule has 0 saturated carbocycles. The molecule has 1 atom stereocenters. The molecular formula is C11H18F3N3OS. The number of hydrogen-bond acceptors (Lipinski definition) is 3. The molecule has 8 heteroatoms. The number of piperidine rings is 1. The van der Waals surface area contributed by atoms with Crippen molar-refractivity contribution in [2.75, 3.05) is 19.6 Å². The van der Waals surface area contributed by atoms with E-state index in [1.54, 1.807) is 4.90 Å². The lowest BCUT2D eigenvalue weighted by molar-refractivity contribution is -0.159. The summed E-state index contributed by atoms with van der Waals surface area (Å²) in [7, 11) is 0. The van der Waals surface area contributed by atoms with Crippen LogP contribution < -0.4 is 11.5 Å². The lowest BCUT2D eigenvalue weighted by atomic mass is 9.92. The van der Waals surface area contributed by atoms with Crippen LogP contribution in [0.1, 0.15) is 19.3 Å². The lowest BCUT2D eigenvalue weighted by Crippen LogP contribution is -2.46. The smallest absolute Gasteiger partial charge is 0.393 e. The van der Waals surface area contributed by atoms with Crippen molar-refractivity contribution >= 4 is 23.1 Å². The first-order valence-corrected chi connectivity index (χ1v) is 6.47. The second-order valence-corrected chi connectivity index (χ2v) is 5.38. The number of amides is 1. The van der Waals surface area contributed by atoms with Crippen LogP contribution >= 0.6 is 12.2 Å². The molecule has 0 aromatic heterocycles. The number of primary amides is 1. The molecule has 110 valence electrons. The Hall–Kier alpha value is -0.890. The van der Waals surface area contributed by atoms with Gasteiger partial charge in [0.15, 0.2) is 0 Å². The van der Waals surface area contributed by atoms with Gasteiger partial charge in [0, 0.05) is 13.0 Å². The van der Waals surface area contributed by atoms with Gasteiger partial charge in [-0.25, -0.2) is 0 Å². The fourth-order valence-electron chi connectivity index (χ4n) is 2.27. The number of alkyl halides is 3. The van der Waals surface area contributed by atoms with E-state index in [-0.39, 0.29) is 18.4 Å². The predicted molar refractivity (Wildman–Crippen MR) is 69.3 cm³/mol. The summed E-state index contributed by atoms with van der Waals surface area (Å²) in [5.74, 6) is -1.96. The fourth-order valence-corrected chi connectivity index (χ4v) is 2.48. The molecule has 0 radical (unpaired) electrons. The van der Waals surface area contributed by atoms with Crippen molar-refractivity contribution in [3.8, 4) is 0 Å². The first-order valence-electron chi connectivity index (χ1n) is 6.07. The third kappa shape index (κ3) is 5.32. The highest BCUT2D eigenvalue weighted by Gasteiger charge is 2.42. The van der Waals surface area contributed by atoms with Crippen molar-refractivity contribution in [1.29, 1.82) is 0 Å². The van der Waals surface area contributed by atoms with Crippen LogP contribution in [-0.4, -0.2) is 41.6 Å². The summed E-state index contributed by atoms with van der Waals surface area (Å²) < 4.78 is 38.2. The van der Waals surface area contributed by atoms with Gasteiger partial charge < -0.3 is 16.4 Å². The number of halogens is 3. The molecular weight excluding hydrogens is 279 g/mol. The Kier molecular flexibility index (Phi) is 5.54. The average Bonchev–Trinajstić information content (AvgIpc) is 2.25. The Morgan fingerprint density at radius 2 is 1.84 bits per heavy atom. The number of rotatable bonds is 5. The summed E-state index contributed by atoms with van der Waals surface area (Å²) in [6, 6.07) is 0. The van der Waals surface area contributed by atoms with E-state index >= 15 is 0 Å². The molecule has 1 rings (SSSR count). The third-order valence-corrected chi connectivity index (χ3v) is 3.66. The van der Waals surface area contributed by atoms with Gasteiger partial charge in [0.2, 0.25) is 5.91 Å². The minimum absolute atomic E-state index is 0.169. The minimum atomic E-state index is -4.41. The molecule has 4 N–H and O–H groups in total. The summed E-state index contributed by atoms with van der Waals surface area (Å²) in [5, 5.41) is 0. The first-order chi connectivity index (χ1) is 8.70. The number of nitrogens with zero attached hydrogens (tertiary/aromatic N) is 1. The van der Waals surface area contributed by atoms with E-state index < -0.39 is 17.1 Å². The van der Waals surface area contributed by atoms with Gasteiger partial charge in [0.25, 0.3) is 0 Å². The van der Waals surface area contributed by atoms with Crippen LogP contribution in [0.3, 0.4) is 0 Å². The van der Waals surface area contributed by atoms with Crippen molar-refractivity contribution in [2.45, 2.75) is 25.4 Å². The summed E-state index contributed by atoms with van der Waals surface area (Å²) in [6.07, 6.45) is -2.77. The average molecular weight is 297 g/mol. The number of carbonyl (C=O) groups is 1. The van der Waals surface area contributed by atoms with Crippen LogP contribution in [0.25, 0.3) is 0 Å². The number of thiocarbonyl (C=S) groups is 1. The van der Waals surface area contributed by atoms with E-state index in [4.69, 9.17) is 11.5 Å². The second-order valence-electron chi connectivity index (χ2n) is 4.91. The minimum Gasteiger partial charge on any atom is -0.393 e. The zero-order valence-corrected chi connectivity index (χ0v) is 11.3. The van der Waals surface area contributed by atoms with E-state index in [9.17, 15) is 18.0 Å². The lowest BCUT2D eigenvalue weighted by Gasteiger charge is -2.34. The highest BCUT2D eigenvalue weighted by Crippen LogP contribution is 2.29. The first kappa shape index (κ1) is 16.2. The Morgan fingerprint density at radius 1 is 1.32 bits per heavy atom. The zero-order valence-electron chi connectivity index (χ0n) is 10.4. The maximum absolute atomic E-state index is 12.7. The maximum Gasteiger partial charge on any atom is 0.399 e. The summed E-state index contributed by atoms with van der Waals surface area (Å²) in [4.78, 5) is 11.9. The molecule has 4 nitrogen and oxygen atoms in total. The van der Waals surface area contributed by atoms with E-state index in [0.29, 0.717) is 32.4 Å². The molecule has 0 aromatic rings. The van der Waals surface area contributed by atoms with Crippen LogP contribution in [0.15, 0.2) is 0 Å². The Morgan fingerprint density at radius 3 is 2.21 bits per heavy atom. The van der Waals surface area contributed by atoms with Crippen LogP contribution in [0.4, 0.5) is 13.2 Å². The van der Waals surface area contributed by atoms with Gasteiger partial charge in [0.1, 0.15) is 5.92 Å². The van der Waals surface area contributed by atoms with Crippen molar-refractivity contribution in [1.82, 2.24) is 4.90 Å². The van der Waals surface area contributed by atoms with Gasteiger partial charge in [-0.2, -0.15) is 13.2 Å². The van der Waals surface area contributed by atoms with Crippen LogP contribution in [0, 0.1) is 11.8 Å². The van der Waals surface area contributed by atoms with E-state index in [1.807, 2.05) is 0 Å². The number of carbonyl (C=O) groups excluding carboxylic acids is 1. The molecule has 0 aliphatic carbocycles. The Bertz CT molecular complexity index is 341. The van der Waals surface area contributed by atoms with Crippen molar-refractivity contribution in [3.05, 3.63) is 0 Å². The monoisotopic (exact) mass is 297 g/mol. The molecule has 19 heavy (non-hydrogen) atoms. The van der Waals surface area contributed by atoms with Crippen molar-refractivity contribution in [3.63, 3.8) is 0 Å². The van der Waals surface area contributed by atoms with Crippen molar-refractivity contribution < 1.29 is 18.0 Å². The van der Waals surface area contributed by atoms with Gasteiger partial charge in [-0.15, -0.1) is 0 Å². The molecule has 1 heterocycles. The molecule has 1 fully saturated rings. The number of hydrogen-bond donors (Lipinski definition) is 2. The fraction of sp³-hybridized carbons (Fsp3) is 0.818. The zero-order chi connectivity index (χ0) is 14.6. The van der Waals surface area contributed by atoms with E-state index in [2.05, 4.69) is 12.2 Å². The molecule has 1 saturated heterocycles. The van der Waals surface area contributed by atoms with E-state index in [0.717, 1.165) is 0 Å². The normalized spacial score (nSPS) is 20.2. The molecule has 1 aliphatic heterocycles. The van der Waals surface area contributed by atoms with Gasteiger partial charge in [0.05, 0.1) is 4.99 Å². The highest BCUT2D eigenvalue weighted by molar-refractivity contribution is 7.80. The third-order valence-electron chi connectivity index (χ3n) is 3.38. The molecule has 0 spiro atoms. The quantitative estimate of drug-likeness (QED) is 0.744. The SMILES string of the molecule is NC(=O)CC1CCN(CC(C(N)=S)C(F)(F)F)CC1. The highest BCUT2D eigenvalue weighted by atomic mass is 32.1. The maximum atomic E-state index is 12.7. The molecule has 0 bridgehead atoms. The Balaban J connectivity index is 2.47. The standard InChI is InChI=1S/C11H18F3N3OS/c12-11(13,14)8(10(16)19)6-17-3-1-7(2-4-17)5-9(15)18/h7-8H,1-6H2,(H2,15,18)(H2,16,19). The van der Waals surface area contributed by atoms with Gasteiger partial charge in [-0.3, -0.25) is 4.79 Å². The van der Waals surface area contributed by atoms with Gasteiger partial charge in [-0.05, 0) is 31.8 Å². The van der Waals surface area contributed by atoms with Crippen LogP contribution in [-0.2, 0) is 4.79 Å². The summed E-state index contributed by atoms with van der Waals surface area (Å²) in [6.45, 7) is 0.808. The largest absolute Gasteiger partial charge is 0.399 e. The topological polar surface area (TPSA) is 72.4 Å². The molecule has 1 aliphatic rings. The molecule has 0 aromatic carbocycles. The van der Waals surface area contributed by atoms with Gasteiger partial charge in [-0.1, -0.05) is 12.2 Å². The Labute approximate surface area is 115 Å². The molecule has 1 amide bonds. The molecule has 1 unspecified atom stereocenters. The summed E-state index contributed by atoms with van der Waals surface area (Å²) in [5.41, 5.74) is 10.3. The number of nitrogens with two attached hydrogens (primary N) is 2. The number of likely N-dealkylation sites (tertiary alicyclic amines) is 1. The van der Waals surface area contributed by atoms with Crippen molar-refractivity contribution in [2.24, 2.45) is 23.3 Å². The van der Waals surface area contributed by atoms with E-state index in [1.165, 1.54) is 0 Å². The predicted octanol–water partition coefficient (Wildman–Crippen LogP) is 1.04. The van der Waals surface area contributed by atoms with Crippen LogP contribution in [0.5, 0.6) is 0 Å². The second kappa shape index (κ2) is 6.51. The summed E-state index contributed by atoms with van der Waals surface area (Å²) >= 11 is 4.48. The van der Waals surface area contributed by atoms with Crippen LogP contribution in [0.2, 0.25) is 0 Å².